The molecule has 28 nitrogen and oxygen atoms in total. The number of amides is 3. The van der Waals surface area contributed by atoms with Gasteiger partial charge in [0.15, 0.2) is 69.4 Å². The normalized spacial score (nSPS) is 13.4. The SMILES string of the molecule is COc1ccc(-c2nc(-c3ccccc3)n(CC(=O)N3CCN(c4cc(C)ccn4)CC3)n2)cc1OC.COc1ccc(-c2nc(-c3ccccc3)n(CC(=O)N3CCN(c4ccc(C)cn4)CC3)n2)cc1OC.COc1ccc(-c2nc(-c3ccccc3)n(CC(=O)N3CCN(c4ncccc4C#N)CC3)n2)cc1OC. The third-order valence-corrected chi connectivity index (χ3v) is 19.4. The summed E-state index contributed by atoms with van der Waals surface area (Å²) in [4.78, 5) is 79.9. The van der Waals surface area contributed by atoms with Gasteiger partial charge < -0.3 is 57.8 Å². The molecule has 15 rings (SSSR count). The molecule has 6 aromatic heterocycles. The average molecular weight is 1510 g/mol. The summed E-state index contributed by atoms with van der Waals surface area (Å²) in [5.74, 6) is 9.56. The van der Waals surface area contributed by atoms with Crippen molar-refractivity contribution in [1.29, 1.82) is 5.26 Å². The smallest absolute Gasteiger partial charge is 0.244 e. The van der Waals surface area contributed by atoms with E-state index in [4.69, 9.17) is 58.7 Å². The van der Waals surface area contributed by atoms with Crippen LogP contribution in [0.3, 0.4) is 0 Å². The Labute approximate surface area is 649 Å². The van der Waals surface area contributed by atoms with E-state index in [9.17, 15) is 19.6 Å². The van der Waals surface area contributed by atoms with Crippen molar-refractivity contribution in [3.8, 4) is 109 Å². The molecule has 3 aliphatic rings. The van der Waals surface area contributed by atoms with Gasteiger partial charge in [-0.05, 0) is 110 Å². The van der Waals surface area contributed by atoms with Crippen LogP contribution in [-0.2, 0) is 34.0 Å². The molecule has 112 heavy (non-hydrogen) atoms. The van der Waals surface area contributed by atoms with Gasteiger partial charge in [0, 0.05) is 131 Å². The molecule has 0 saturated carbocycles. The van der Waals surface area contributed by atoms with Crippen LogP contribution >= 0.6 is 0 Å². The number of carbonyl (C=O) groups excluding carboxylic acids is 3. The minimum absolute atomic E-state index is 0.0115. The van der Waals surface area contributed by atoms with Crippen LogP contribution < -0.4 is 43.1 Å². The number of aromatic nitrogens is 12. The quantitative estimate of drug-likeness (QED) is 0.0646. The van der Waals surface area contributed by atoms with E-state index in [1.165, 1.54) is 5.56 Å². The predicted octanol–water partition coefficient (Wildman–Crippen LogP) is 10.6. The minimum atomic E-state index is -0.0490. The molecule has 0 aliphatic carbocycles. The lowest BCUT2D eigenvalue weighted by Crippen LogP contribution is -2.50. The highest BCUT2D eigenvalue weighted by Crippen LogP contribution is 2.36. The van der Waals surface area contributed by atoms with Crippen LogP contribution in [0.5, 0.6) is 34.5 Å². The molecule has 3 aliphatic heterocycles. The summed E-state index contributed by atoms with van der Waals surface area (Å²) >= 11 is 0. The molecule has 0 atom stereocenters. The molecule has 3 saturated heterocycles. The topological polar surface area (TPSA) is 281 Å². The van der Waals surface area contributed by atoms with E-state index in [-0.39, 0.29) is 37.4 Å². The highest BCUT2D eigenvalue weighted by molar-refractivity contribution is 5.80. The lowest BCUT2D eigenvalue weighted by molar-refractivity contribution is -0.133. The van der Waals surface area contributed by atoms with Gasteiger partial charge in [0.05, 0.1) is 48.2 Å². The van der Waals surface area contributed by atoms with Crippen molar-refractivity contribution in [3.63, 3.8) is 0 Å². The van der Waals surface area contributed by atoms with E-state index in [2.05, 4.69) is 49.9 Å². The van der Waals surface area contributed by atoms with E-state index >= 15 is 0 Å². The third kappa shape index (κ3) is 18.0. The maximum Gasteiger partial charge on any atom is 0.244 e. The van der Waals surface area contributed by atoms with Crippen LogP contribution in [0.4, 0.5) is 17.5 Å². The molecule has 0 unspecified atom stereocenters. The van der Waals surface area contributed by atoms with E-state index in [1.807, 2.05) is 191 Å². The predicted molar refractivity (Wildman–Crippen MR) is 425 cm³/mol. The molecule has 0 bridgehead atoms. The van der Waals surface area contributed by atoms with Gasteiger partial charge in [-0.15, -0.1) is 15.3 Å². The van der Waals surface area contributed by atoms with Gasteiger partial charge in [0.2, 0.25) is 17.7 Å². The van der Waals surface area contributed by atoms with Crippen molar-refractivity contribution in [2.75, 3.05) is 136 Å². The number of piperazine rings is 3. The number of aryl methyl sites for hydroxylation is 2. The lowest BCUT2D eigenvalue weighted by Gasteiger charge is -2.35. The second kappa shape index (κ2) is 36.0. The summed E-state index contributed by atoms with van der Waals surface area (Å²) in [6.45, 7) is 12.1. The van der Waals surface area contributed by atoms with Crippen molar-refractivity contribution in [2.24, 2.45) is 0 Å². The number of nitrogens with zero attached hydrogens (tertiary/aromatic N) is 19. The van der Waals surface area contributed by atoms with Crippen molar-refractivity contribution in [2.45, 2.75) is 33.5 Å². The van der Waals surface area contributed by atoms with E-state index < -0.39 is 0 Å². The fourth-order valence-corrected chi connectivity index (χ4v) is 13.4. The van der Waals surface area contributed by atoms with Gasteiger partial charge in [-0.1, -0.05) is 97.1 Å². The molecule has 0 radical (unpaired) electrons. The molecule has 12 aromatic rings. The highest BCUT2D eigenvalue weighted by Gasteiger charge is 2.30. The number of carbonyl (C=O) groups is 3. The maximum absolute atomic E-state index is 13.4. The van der Waals surface area contributed by atoms with Gasteiger partial charge >= 0.3 is 0 Å². The molecular formula is C84H87N19O9. The molecule has 9 heterocycles. The third-order valence-electron chi connectivity index (χ3n) is 19.4. The van der Waals surface area contributed by atoms with Gasteiger partial charge in [0.25, 0.3) is 0 Å². The van der Waals surface area contributed by atoms with Crippen molar-refractivity contribution in [1.82, 2.24) is 73.9 Å². The number of hydrogen-bond donors (Lipinski definition) is 0. The fraction of sp³-hybridized carbons (Fsp3) is 0.274. The van der Waals surface area contributed by atoms with Crippen LogP contribution in [0.25, 0.3) is 68.3 Å². The molecule has 3 amide bonds. The molecule has 0 N–H and O–H groups in total. The zero-order valence-corrected chi connectivity index (χ0v) is 63.8. The first-order valence-corrected chi connectivity index (χ1v) is 36.7. The number of methoxy groups -OCH3 is 6. The maximum atomic E-state index is 13.4. The van der Waals surface area contributed by atoms with Crippen LogP contribution in [0.1, 0.15) is 16.7 Å². The second-order valence-electron chi connectivity index (χ2n) is 26.5. The van der Waals surface area contributed by atoms with Crippen LogP contribution in [-0.4, -0.2) is 213 Å². The number of ether oxygens (including phenoxy) is 6. The number of nitriles is 1. The molecule has 6 aromatic carbocycles. The number of rotatable bonds is 21. The Morgan fingerprint density at radius 2 is 0.732 bits per heavy atom. The zero-order chi connectivity index (χ0) is 78.0. The number of anilines is 3. The molecule has 572 valence electrons. The second-order valence-corrected chi connectivity index (χ2v) is 26.5. The van der Waals surface area contributed by atoms with Gasteiger partial charge in [-0.25, -0.2) is 43.9 Å². The van der Waals surface area contributed by atoms with Crippen LogP contribution in [0, 0.1) is 25.2 Å². The van der Waals surface area contributed by atoms with Gasteiger partial charge in [-0.2, -0.15) is 5.26 Å². The number of pyridine rings is 3. The Morgan fingerprint density at radius 3 is 1.08 bits per heavy atom. The molecular weight excluding hydrogens is 1420 g/mol. The first-order chi connectivity index (χ1) is 54.7. The summed E-state index contributed by atoms with van der Waals surface area (Å²) in [7, 11) is 9.55. The van der Waals surface area contributed by atoms with E-state index in [0.717, 1.165) is 76.8 Å². The minimum Gasteiger partial charge on any atom is -0.493 e. The molecule has 3 fully saturated rings. The van der Waals surface area contributed by atoms with Gasteiger partial charge in [0.1, 0.15) is 43.2 Å². The summed E-state index contributed by atoms with van der Waals surface area (Å²) in [6, 6.07) is 59.7. The Balaban J connectivity index is 0.000000147. The Kier molecular flexibility index (Phi) is 24.6. The van der Waals surface area contributed by atoms with E-state index in [0.29, 0.717) is 133 Å². The van der Waals surface area contributed by atoms with E-state index in [1.54, 1.807) is 81.1 Å². The Hall–Kier alpha value is -13.7. The average Bonchev–Trinajstić information content (AvgIpc) is 1.66. The standard InChI is InChI=1S/C28H27N7O3.2C28H30N6O3/c1-37-23-11-10-21(17-24(23)38-2)26-31-28(20-7-4-3-5-8-20)35(32-26)19-25(36)33-13-15-34(16-14-33)27-22(18-29)9-6-12-30-27;1-20-9-12-25(29-18-20)32-13-15-33(16-14-32)26(35)19-34-28(21-7-5-4-6-8-21)30-27(31-34)22-10-11-23(36-2)24(17-22)37-3;1-20-11-12-29-25(17-20)32-13-15-33(16-14-32)26(35)19-34-28(21-7-5-4-6-8-21)30-27(31-34)22-9-10-23(36-2)24(18-22)37-3/h3-12,17H,13-16,19H2,1-2H3;2*4-12,17-18H,13-16,19H2,1-3H3. The summed E-state index contributed by atoms with van der Waals surface area (Å²) in [6.07, 6.45) is 5.38. The Morgan fingerprint density at radius 1 is 0.357 bits per heavy atom. The molecule has 28 heteroatoms. The zero-order valence-electron chi connectivity index (χ0n) is 63.8. The number of benzene rings is 6. The van der Waals surface area contributed by atoms with Crippen molar-refractivity contribution < 1.29 is 42.8 Å². The largest absolute Gasteiger partial charge is 0.493 e. The first kappa shape index (κ1) is 76.5. The monoisotopic (exact) mass is 1510 g/mol. The number of hydrogen-bond acceptors (Lipinski definition) is 22. The van der Waals surface area contributed by atoms with Crippen LogP contribution in [0.2, 0.25) is 0 Å². The van der Waals surface area contributed by atoms with Gasteiger partial charge in [-0.3, -0.25) is 14.4 Å². The Bertz CT molecular complexity index is 5240. The fourth-order valence-electron chi connectivity index (χ4n) is 13.4. The van der Waals surface area contributed by atoms with Crippen molar-refractivity contribution in [3.05, 3.63) is 217 Å². The summed E-state index contributed by atoms with van der Waals surface area (Å²) in [5, 5.41) is 23.6. The summed E-state index contributed by atoms with van der Waals surface area (Å²) in [5.41, 5.74) is 7.80. The highest BCUT2D eigenvalue weighted by atomic mass is 16.5. The summed E-state index contributed by atoms with van der Waals surface area (Å²) < 4.78 is 37.5. The van der Waals surface area contributed by atoms with Crippen molar-refractivity contribution >= 4 is 35.2 Å². The van der Waals surface area contributed by atoms with Crippen LogP contribution in [0.15, 0.2) is 201 Å². The molecule has 0 spiro atoms. The lowest BCUT2D eigenvalue weighted by atomic mass is 10.2. The first-order valence-electron chi connectivity index (χ1n) is 36.7.